The van der Waals surface area contributed by atoms with Crippen LogP contribution in [0.25, 0.3) is 0 Å². The molecule has 2 N–H and O–H groups in total. The van der Waals surface area contributed by atoms with Crippen LogP contribution < -0.4 is 34.5 Å². The Kier molecular flexibility index (Phi) is 8.16. The first-order valence-corrected chi connectivity index (χ1v) is 9.23. The number of carbonyl (C=O) groups excluding carboxylic acids is 2. The van der Waals surface area contributed by atoms with E-state index >= 15 is 0 Å². The molecule has 0 aromatic heterocycles. The predicted octanol–water partition coefficient (Wildman–Crippen LogP) is 2.34. The Labute approximate surface area is 175 Å². The molecule has 0 aliphatic rings. The van der Waals surface area contributed by atoms with Crippen LogP contribution in [0.2, 0.25) is 0 Å². The maximum Gasteiger partial charge on any atom is 0.279 e. The lowest BCUT2D eigenvalue weighted by Crippen LogP contribution is -2.47. The Balaban J connectivity index is 1.99. The monoisotopic (exact) mass is 418 g/mol. The molecule has 9 nitrogen and oxygen atoms in total. The first kappa shape index (κ1) is 22.7. The molecule has 0 unspecified atom stereocenters. The number of rotatable bonds is 9. The van der Waals surface area contributed by atoms with Crippen molar-refractivity contribution in [1.29, 1.82) is 0 Å². The van der Waals surface area contributed by atoms with Crippen molar-refractivity contribution in [2.24, 2.45) is 0 Å². The minimum absolute atomic E-state index is 0.163. The van der Waals surface area contributed by atoms with Crippen LogP contribution in [-0.4, -0.2) is 45.9 Å². The van der Waals surface area contributed by atoms with E-state index in [-0.39, 0.29) is 17.1 Å². The fourth-order valence-electron chi connectivity index (χ4n) is 2.61. The first-order valence-electron chi connectivity index (χ1n) is 9.23. The Morgan fingerprint density at radius 1 is 0.867 bits per heavy atom. The lowest BCUT2D eigenvalue weighted by Gasteiger charge is -2.17. The summed E-state index contributed by atoms with van der Waals surface area (Å²) in [6.07, 6.45) is -0.851. The maximum atomic E-state index is 12.5. The molecule has 0 saturated heterocycles. The van der Waals surface area contributed by atoms with E-state index < -0.39 is 17.9 Å². The van der Waals surface area contributed by atoms with Gasteiger partial charge in [0.1, 0.15) is 11.5 Å². The average molecular weight is 418 g/mol. The van der Waals surface area contributed by atoms with Gasteiger partial charge < -0.3 is 23.7 Å². The molecule has 0 heterocycles. The van der Waals surface area contributed by atoms with Gasteiger partial charge in [0, 0.05) is 0 Å². The van der Waals surface area contributed by atoms with Gasteiger partial charge in [0.05, 0.1) is 33.5 Å². The van der Waals surface area contributed by atoms with Crippen molar-refractivity contribution >= 4 is 11.8 Å². The van der Waals surface area contributed by atoms with E-state index in [4.69, 9.17) is 23.7 Å². The van der Waals surface area contributed by atoms with E-state index in [0.717, 1.165) is 0 Å². The second-order valence-electron chi connectivity index (χ2n) is 5.99. The fraction of sp³-hybridized carbons (Fsp3) is 0.333. The normalized spacial score (nSPS) is 11.1. The smallest absolute Gasteiger partial charge is 0.279 e. The minimum atomic E-state index is -0.851. The zero-order chi connectivity index (χ0) is 22.1. The van der Waals surface area contributed by atoms with Gasteiger partial charge in [-0.15, -0.1) is 0 Å². The van der Waals surface area contributed by atoms with Gasteiger partial charge in [-0.2, -0.15) is 0 Å². The molecule has 0 spiro atoms. The number of methoxy groups -OCH3 is 3. The molecule has 0 aliphatic heterocycles. The average Bonchev–Trinajstić information content (AvgIpc) is 2.77. The Bertz CT molecular complexity index is 868. The quantitative estimate of drug-likeness (QED) is 0.602. The number of ether oxygens (including phenoxy) is 5. The highest BCUT2D eigenvalue weighted by Crippen LogP contribution is 2.39. The summed E-state index contributed by atoms with van der Waals surface area (Å²) in [6, 6.07) is 9.95. The lowest BCUT2D eigenvalue weighted by molar-refractivity contribution is -0.128. The standard InChI is InChI=1S/C21H26N2O7/c1-6-29-14-7-9-15(10-8-14)30-13(2)20(24)22-23-21(25)16-11-12-17(26-3)19(28-5)18(16)27-4/h7-13H,6H2,1-5H3,(H,22,24)(H,23,25)/t13-/m1/s1. The molecular weight excluding hydrogens is 392 g/mol. The van der Waals surface area contributed by atoms with E-state index in [9.17, 15) is 9.59 Å². The molecule has 1 atom stereocenters. The highest BCUT2D eigenvalue weighted by Gasteiger charge is 2.22. The third kappa shape index (κ3) is 5.47. The zero-order valence-corrected chi connectivity index (χ0v) is 17.6. The van der Waals surface area contributed by atoms with E-state index in [2.05, 4.69) is 10.9 Å². The van der Waals surface area contributed by atoms with Crippen LogP contribution in [-0.2, 0) is 4.79 Å². The molecule has 162 valence electrons. The molecule has 0 aliphatic carbocycles. The van der Waals surface area contributed by atoms with Gasteiger partial charge in [-0.05, 0) is 50.2 Å². The number of amides is 2. The molecule has 9 heteroatoms. The molecule has 2 aromatic carbocycles. The summed E-state index contributed by atoms with van der Waals surface area (Å²) in [6.45, 7) is 4.02. The summed E-state index contributed by atoms with van der Waals surface area (Å²) in [5.41, 5.74) is 4.84. The van der Waals surface area contributed by atoms with E-state index in [1.807, 2.05) is 6.92 Å². The van der Waals surface area contributed by atoms with Gasteiger partial charge in [-0.3, -0.25) is 20.4 Å². The fourth-order valence-corrected chi connectivity index (χ4v) is 2.61. The maximum absolute atomic E-state index is 12.5. The molecule has 2 amide bonds. The van der Waals surface area contributed by atoms with Gasteiger partial charge >= 0.3 is 0 Å². The van der Waals surface area contributed by atoms with Gasteiger partial charge in [0.2, 0.25) is 5.75 Å². The molecule has 2 aromatic rings. The number of nitrogens with one attached hydrogen (secondary N) is 2. The summed E-state index contributed by atoms with van der Waals surface area (Å²) in [5, 5.41) is 0. The van der Waals surface area contributed by atoms with Crippen molar-refractivity contribution in [3.05, 3.63) is 42.0 Å². The molecular formula is C21H26N2O7. The van der Waals surface area contributed by atoms with Gasteiger partial charge in [-0.1, -0.05) is 0 Å². The molecule has 0 bridgehead atoms. The van der Waals surface area contributed by atoms with Crippen LogP contribution >= 0.6 is 0 Å². The summed E-state index contributed by atoms with van der Waals surface area (Å²) in [4.78, 5) is 24.8. The Hall–Kier alpha value is -3.62. The van der Waals surface area contributed by atoms with Crippen molar-refractivity contribution in [2.75, 3.05) is 27.9 Å². The van der Waals surface area contributed by atoms with Crippen molar-refractivity contribution in [3.63, 3.8) is 0 Å². The van der Waals surface area contributed by atoms with Crippen molar-refractivity contribution < 1.29 is 33.3 Å². The third-order valence-electron chi connectivity index (χ3n) is 4.06. The summed E-state index contributed by atoms with van der Waals surface area (Å²) < 4.78 is 26.7. The van der Waals surface area contributed by atoms with E-state index in [1.54, 1.807) is 37.3 Å². The summed E-state index contributed by atoms with van der Waals surface area (Å²) in [7, 11) is 4.31. The van der Waals surface area contributed by atoms with Crippen LogP contribution in [0.1, 0.15) is 24.2 Å². The molecule has 30 heavy (non-hydrogen) atoms. The van der Waals surface area contributed by atoms with Crippen LogP contribution in [0.5, 0.6) is 28.7 Å². The second kappa shape index (κ2) is 10.8. The molecule has 0 saturated carbocycles. The summed E-state index contributed by atoms with van der Waals surface area (Å²) >= 11 is 0. The first-order chi connectivity index (χ1) is 14.4. The van der Waals surface area contributed by atoms with Gasteiger partial charge in [0.15, 0.2) is 17.6 Å². The number of hydrazine groups is 1. The van der Waals surface area contributed by atoms with Crippen LogP contribution in [0.4, 0.5) is 0 Å². The number of carbonyl (C=O) groups is 2. The van der Waals surface area contributed by atoms with E-state index in [0.29, 0.717) is 23.9 Å². The minimum Gasteiger partial charge on any atom is -0.494 e. The third-order valence-corrected chi connectivity index (χ3v) is 4.06. The molecule has 0 fully saturated rings. The Morgan fingerprint density at radius 3 is 2.07 bits per heavy atom. The molecule has 0 radical (unpaired) electrons. The van der Waals surface area contributed by atoms with Crippen molar-refractivity contribution in [3.8, 4) is 28.7 Å². The van der Waals surface area contributed by atoms with Crippen LogP contribution in [0.15, 0.2) is 36.4 Å². The highest BCUT2D eigenvalue weighted by atomic mass is 16.5. The van der Waals surface area contributed by atoms with E-state index in [1.165, 1.54) is 27.4 Å². The topological polar surface area (TPSA) is 104 Å². The highest BCUT2D eigenvalue weighted by molar-refractivity contribution is 5.99. The summed E-state index contributed by atoms with van der Waals surface area (Å²) in [5.74, 6) is 0.943. The predicted molar refractivity (Wildman–Crippen MR) is 109 cm³/mol. The largest absolute Gasteiger partial charge is 0.494 e. The van der Waals surface area contributed by atoms with Crippen molar-refractivity contribution in [2.45, 2.75) is 20.0 Å². The number of benzene rings is 2. The lowest BCUT2D eigenvalue weighted by atomic mass is 10.1. The van der Waals surface area contributed by atoms with Gasteiger partial charge in [-0.25, -0.2) is 0 Å². The molecule has 2 rings (SSSR count). The zero-order valence-electron chi connectivity index (χ0n) is 17.6. The van der Waals surface area contributed by atoms with Crippen LogP contribution in [0, 0.1) is 0 Å². The van der Waals surface area contributed by atoms with Gasteiger partial charge in [0.25, 0.3) is 11.8 Å². The SMILES string of the molecule is CCOc1ccc(O[C@H](C)C(=O)NNC(=O)c2ccc(OC)c(OC)c2OC)cc1. The second-order valence-corrected chi connectivity index (χ2v) is 5.99. The van der Waals surface area contributed by atoms with Crippen LogP contribution in [0.3, 0.4) is 0 Å². The Morgan fingerprint density at radius 2 is 1.50 bits per heavy atom. The van der Waals surface area contributed by atoms with Crippen molar-refractivity contribution in [1.82, 2.24) is 10.9 Å². The number of hydrogen-bond donors (Lipinski definition) is 2. The number of hydrogen-bond acceptors (Lipinski definition) is 7.